The maximum absolute atomic E-state index is 12.3. The molecule has 7 heteroatoms. The quantitative estimate of drug-likeness (QED) is 0.739. The molecule has 0 bridgehead atoms. The lowest BCUT2D eigenvalue weighted by molar-refractivity contribution is -0.113. The van der Waals surface area contributed by atoms with Crippen LogP contribution in [0.3, 0.4) is 0 Å². The van der Waals surface area contributed by atoms with Gasteiger partial charge in [0.25, 0.3) is 0 Å². The molecule has 1 amide bonds. The molecule has 0 saturated heterocycles. The van der Waals surface area contributed by atoms with Crippen molar-refractivity contribution in [3.8, 4) is 5.75 Å². The van der Waals surface area contributed by atoms with Crippen molar-refractivity contribution < 1.29 is 17.9 Å². The predicted molar refractivity (Wildman–Crippen MR) is 111 cm³/mol. The van der Waals surface area contributed by atoms with E-state index in [1.807, 2.05) is 26.0 Å². The lowest BCUT2D eigenvalue weighted by Gasteiger charge is -2.19. The first kappa shape index (κ1) is 20.2. The molecule has 0 atom stereocenters. The van der Waals surface area contributed by atoms with Gasteiger partial charge in [-0.05, 0) is 81.0 Å². The van der Waals surface area contributed by atoms with Crippen LogP contribution >= 0.6 is 0 Å². The Kier molecular flexibility index (Phi) is 6.24. The second kappa shape index (κ2) is 8.65. The molecule has 0 saturated carbocycles. The van der Waals surface area contributed by atoms with Crippen molar-refractivity contribution in [2.75, 3.05) is 15.8 Å². The van der Waals surface area contributed by atoms with Gasteiger partial charge in [0.15, 0.2) is 0 Å². The molecule has 6 nitrogen and oxygen atoms in total. The molecule has 3 rings (SSSR count). The van der Waals surface area contributed by atoms with Crippen LogP contribution in [0.25, 0.3) is 0 Å². The highest BCUT2D eigenvalue weighted by molar-refractivity contribution is 7.93. The highest BCUT2D eigenvalue weighted by Crippen LogP contribution is 2.28. The minimum Gasteiger partial charge on any atom is -0.491 e. The van der Waals surface area contributed by atoms with Crippen molar-refractivity contribution in [3.63, 3.8) is 0 Å². The molecule has 1 aliphatic carbocycles. The average molecular weight is 403 g/mol. The smallest absolute Gasteiger partial charge is 0.241 e. The summed E-state index contributed by atoms with van der Waals surface area (Å²) in [5.41, 5.74) is 3.45. The van der Waals surface area contributed by atoms with Gasteiger partial charge < -0.3 is 10.1 Å². The maximum atomic E-state index is 12.3. The number of rotatable bonds is 7. The summed E-state index contributed by atoms with van der Waals surface area (Å²) in [4.78, 5) is 12.3. The van der Waals surface area contributed by atoms with Gasteiger partial charge in [0.2, 0.25) is 15.9 Å². The number of sulfonamides is 1. The zero-order valence-electron chi connectivity index (χ0n) is 16.2. The second-order valence-corrected chi connectivity index (χ2v) is 8.97. The molecule has 150 valence electrons. The molecule has 2 N–H and O–H groups in total. The van der Waals surface area contributed by atoms with E-state index in [1.165, 1.54) is 5.56 Å². The van der Waals surface area contributed by atoms with Gasteiger partial charge in [0, 0.05) is 11.4 Å². The summed E-state index contributed by atoms with van der Waals surface area (Å²) in [5, 5.41) is 2.76. The third-order valence-electron chi connectivity index (χ3n) is 4.49. The zero-order valence-corrected chi connectivity index (χ0v) is 17.0. The molecule has 0 radical (unpaired) electrons. The summed E-state index contributed by atoms with van der Waals surface area (Å²) >= 11 is 0. The number of hydrogen-bond acceptors (Lipinski definition) is 4. The minimum atomic E-state index is -3.81. The topological polar surface area (TPSA) is 84.5 Å². The van der Waals surface area contributed by atoms with E-state index in [4.69, 9.17) is 4.74 Å². The first-order chi connectivity index (χ1) is 13.3. The molecule has 0 aliphatic heterocycles. The number of hydrogen-bond donors (Lipinski definition) is 2. The monoisotopic (exact) mass is 402 g/mol. The molecule has 1 aliphatic rings. The lowest BCUT2D eigenvalue weighted by Crippen LogP contribution is -2.28. The van der Waals surface area contributed by atoms with Crippen molar-refractivity contribution in [1.82, 2.24) is 0 Å². The second-order valence-electron chi connectivity index (χ2n) is 7.25. The van der Waals surface area contributed by atoms with E-state index >= 15 is 0 Å². The Morgan fingerprint density at radius 2 is 1.79 bits per heavy atom. The van der Waals surface area contributed by atoms with E-state index in [9.17, 15) is 13.2 Å². The molecule has 0 fully saturated rings. The van der Waals surface area contributed by atoms with Crippen molar-refractivity contribution in [1.29, 1.82) is 0 Å². The van der Waals surface area contributed by atoms with Crippen molar-refractivity contribution in [2.45, 2.75) is 45.6 Å². The Balaban J connectivity index is 1.62. The van der Waals surface area contributed by atoms with Crippen LogP contribution < -0.4 is 14.8 Å². The van der Waals surface area contributed by atoms with Crippen LogP contribution in [0.5, 0.6) is 5.75 Å². The van der Waals surface area contributed by atoms with Crippen LogP contribution in [-0.2, 0) is 27.7 Å². The van der Waals surface area contributed by atoms with E-state index in [-0.39, 0.29) is 6.10 Å². The fraction of sp³-hybridized carbons (Fsp3) is 0.381. The molecular weight excluding hydrogens is 376 g/mol. The summed E-state index contributed by atoms with van der Waals surface area (Å²) in [6.45, 7) is 3.83. The number of amides is 1. The first-order valence-corrected chi connectivity index (χ1v) is 11.2. The first-order valence-electron chi connectivity index (χ1n) is 9.50. The molecule has 2 aromatic rings. The number of nitrogens with one attached hydrogen (secondary N) is 2. The molecular formula is C21H26N2O4S. The average Bonchev–Trinajstić information content (AvgIpc) is 2.62. The third kappa shape index (κ3) is 5.48. The van der Waals surface area contributed by atoms with Crippen LogP contribution in [0.15, 0.2) is 42.5 Å². The number of fused-ring (bicyclic) bond motifs is 1. The Morgan fingerprint density at radius 3 is 2.50 bits per heavy atom. The van der Waals surface area contributed by atoms with Gasteiger partial charge in [-0.15, -0.1) is 0 Å². The van der Waals surface area contributed by atoms with Crippen LogP contribution in [0.4, 0.5) is 11.4 Å². The standard InChI is InChI=1S/C21H26N2O4S/c1-15(2)27-18-12-10-17(11-13-18)23-28(25,26)14-21(24)22-20-9-5-7-16-6-3-4-8-19(16)20/h5,7,9-13,15,23H,3-4,6,8,14H2,1-2H3,(H,22,24). The van der Waals surface area contributed by atoms with Gasteiger partial charge >= 0.3 is 0 Å². The molecule has 0 heterocycles. The zero-order chi connectivity index (χ0) is 20.1. The number of aryl methyl sites for hydroxylation is 1. The SMILES string of the molecule is CC(C)Oc1ccc(NS(=O)(=O)CC(=O)Nc2cccc3c2CCCC3)cc1. The van der Waals surface area contributed by atoms with Crippen LogP contribution in [-0.4, -0.2) is 26.2 Å². The summed E-state index contributed by atoms with van der Waals surface area (Å²) in [5.74, 6) is -0.531. The number of ether oxygens (including phenoxy) is 1. The Labute approximate surface area is 166 Å². The van der Waals surface area contributed by atoms with E-state index in [0.29, 0.717) is 17.1 Å². The van der Waals surface area contributed by atoms with Gasteiger partial charge in [-0.25, -0.2) is 8.42 Å². The maximum Gasteiger partial charge on any atom is 0.241 e. The summed E-state index contributed by atoms with van der Waals surface area (Å²) in [6.07, 6.45) is 4.16. The highest BCUT2D eigenvalue weighted by Gasteiger charge is 2.19. The normalized spacial score (nSPS) is 13.7. The van der Waals surface area contributed by atoms with Crippen molar-refractivity contribution in [3.05, 3.63) is 53.6 Å². The lowest BCUT2D eigenvalue weighted by atomic mass is 9.90. The van der Waals surface area contributed by atoms with Gasteiger partial charge in [-0.1, -0.05) is 12.1 Å². The van der Waals surface area contributed by atoms with Crippen LogP contribution in [0.2, 0.25) is 0 Å². The fourth-order valence-corrected chi connectivity index (χ4v) is 4.33. The van der Waals surface area contributed by atoms with E-state index in [1.54, 1.807) is 24.3 Å². The number of carbonyl (C=O) groups excluding carboxylic acids is 1. The Bertz CT molecular complexity index is 937. The molecule has 2 aromatic carbocycles. The minimum absolute atomic E-state index is 0.0370. The Morgan fingerprint density at radius 1 is 1.07 bits per heavy atom. The van der Waals surface area contributed by atoms with E-state index in [2.05, 4.69) is 16.1 Å². The fourth-order valence-electron chi connectivity index (χ4n) is 3.35. The highest BCUT2D eigenvalue weighted by atomic mass is 32.2. The van der Waals surface area contributed by atoms with Crippen molar-refractivity contribution >= 4 is 27.3 Å². The third-order valence-corrected chi connectivity index (χ3v) is 5.68. The van der Waals surface area contributed by atoms with Crippen molar-refractivity contribution in [2.24, 2.45) is 0 Å². The number of anilines is 2. The van der Waals surface area contributed by atoms with Gasteiger partial charge in [0.1, 0.15) is 11.5 Å². The van der Waals surface area contributed by atoms with E-state index in [0.717, 1.165) is 31.2 Å². The molecule has 28 heavy (non-hydrogen) atoms. The summed E-state index contributed by atoms with van der Waals surface area (Å²) < 4.78 is 32.7. The van der Waals surface area contributed by atoms with Gasteiger partial charge in [-0.2, -0.15) is 0 Å². The summed E-state index contributed by atoms with van der Waals surface area (Å²) in [7, 11) is -3.81. The molecule has 0 aromatic heterocycles. The van der Waals surface area contributed by atoms with Gasteiger partial charge in [-0.3, -0.25) is 9.52 Å². The van der Waals surface area contributed by atoms with E-state index < -0.39 is 21.7 Å². The van der Waals surface area contributed by atoms with Crippen LogP contribution in [0.1, 0.15) is 37.8 Å². The summed E-state index contributed by atoms with van der Waals surface area (Å²) in [6, 6.07) is 12.4. The molecule has 0 spiro atoms. The largest absolute Gasteiger partial charge is 0.491 e. The molecule has 0 unspecified atom stereocenters. The number of benzene rings is 2. The number of carbonyl (C=O) groups is 1. The van der Waals surface area contributed by atoms with Gasteiger partial charge in [0.05, 0.1) is 6.10 Å². The van der Waals surface area contributed by atoms with Crippen LogP contribution in [0, 0.1) is 0 Å². The predicted octanol–water partition coefficient (Wildman–Crippen LogP) is 3.73. The Hall–Kier alpha value is -2.54.